The van der Waals surface area contributed by atoms with Crippen molar-refractivity contribution in [2.24, 2.45) is 0 Å². The third-order valence-electron chi connectivity index (χ3n) is 7.39. The van der Waals surface area contributed by atoms with Crippen LogP contribution in [-0.4, -0.2) is 130 Å². The van der Waals surface area contributed by atoms with E-state index in [4.69, 9.17) is 47.4 Å². The quantitative estimate of drug-likeness (QED) is 0.0387. The van der Waals surface area contributed by atoms with Crippen LogP contribution in [0.5, 0.6) is 5.75 Å². The molecular formula is C38H69IO10. The molecule has 288 valence electrons. The third-order valence-corrected chi connectivity index (χ3v) is 8.15. The molecule has 1 aromatic carbocycles. The molecule has 0 radical (unpaired) electrons. The lowest BCUT2D eigenvalue weighted by atomic mass is 10.0. The van der Waals surface area contributed by atoms with Crippen molar-refractivity contribution in [3.63, 3.8) is 0 Å². The fourth-order valence-corrected chi connectivity index (χ4v) is 5.13. The molecule has 0 fully saturated rings. The minimum absolute atomic E-state index is 0.526. The Morgan fingerprint density at radius 1 is 0.367 bits per heavy atom. The molecule has 0 bridgehead atoms. The molecule has 0 aliphatic heterocycles. The number of unbranched alkanes of at least 4 members (excludes halogenated alkanes) is 8. The Kier molecular flexibility index (Phi) is 38.0. The number of aryl methyl sites for hydroxylation is 1. The van der Waals surface area contributed by atoms with Gasteiger partial charge in [0, 0.05) is 6.61 Å². The van der Waals surface area contributed by atoms with Gasteiger partial charge in [-0.2, -0.15) is 0 Å². The van der Waals surface area contributed by atoms with Crippen LogP contribution in [0.3, 0.4) is 0 Å². The van der Waals surface area contributed by atoms with Crippen molar-refractivity contribution in [1.29, 1.82) is 0 Å². The first kappa shape index (κ1) is 46.4. The van der Waals surface area contributed by atoms with Crippen molar-refractivity contribution in [2.75, 3.05) is 130 Å². The summed E-state index contributed by atoms with van der Waals surface area (Å²) in [5, 5.41) is 0. The minimum Gasteiger partial charge on any atom is -0.491 e. The lowest BCUT2D eigenvalue weighted by molar-refractivity contribution is -0.0254. The molecule has 49 heavy (non-hydrogen) atoms. The Hall–Kier alpha value is -0.610. The van der Waals surface area contributed by atoms with Gasteiger partial charge in [0.25, 0.3) is 0 Å². The second kappa shape index (κ2) is 40.2. The summed E-state index contributed by atoms with van der Waals surface area (Å²) in [6.45, 7) is 12.9. The SMILES string of the molecule is CCCCCCCCc1ccc(OCCOCCOCCOCCOCCOCCOCCOCCOCCOCCCCCCI)cc1. The Labute approximate surface area is 312 Å². The van der Waals surface area contributed by atoms with Crippen LogP contribution in [0, 0.1) is 0 Å². The average molecular weight is 813 g/mol. The van der Waals surface area contributed by atoms with Crippen LogP contribution in [0.25, 0.3) is 0 Å². The molecule has 1 rings (SSSR count). The normalized spacial score (nSPS) is 11.5. The summed E-state index contributed by atoms with van der Waals surface area (Å²) < 4.78 is 56.8. The van der Waals surface area contributed by atoms with Gasteiger partial charge in [0.1, 0.15) is 12.4 Å². The summed E-state index contributed by atoms with van der Waals surface area (Å²) >= 11 is 2.42. The topological polar surface area (TPSA) is 92.3 Å². The van der Waals surface area contributed by atoms with Crippen molar-refractivity contribution < 1.29 is 47.4 Å². The number of rotatable bonds is 41. The standard InChI is InChI=1S/C38H69IO10/c1-2-3-4-5-6-9-12-37-13-15-38(16-14-37)49-36-35-48-34-33-47-32-31-46-30-29-45-28-27-44-26-25-43-24-23-42-22-21-41-20-19-40-18-11-8-7-10-17-39/h13-16H,2-12,17-36H2,1H3. The molecule has 0 spiro atoms. The van der Waals surface area contributed by atoms with Gasteiger partial charge in [-0.05, 0) is 47.8 Å². The molecule has 0 aromatic heterocycles. The van der Waals surface area contributed by atoms with Gasteiger partial charge in [0.05, 0.1) is 112 Å². The van der Waals surface area contributed by atoms with E-state index in [2.05, 4.69) is 53.8 Å². The van der Waals surface area contributed by atoms with Crippen LogP contribution >= 0.6 is 22.6 Å². The maximum atomic E-state index is 5.78. The highest BCUT2D eigenvalue weighted by Gasteiger charge is 1.99. The van der Waals surface area contributed by atoms with Crippen molar-refractivity contribution >= 4 is 22.6 Å². The Morgan fingerprint density at radius 3 is 1.14 bits per heavy atom. The van der Waals surface area contributed by atoms with E-state index in [-0.39, 0.29) is 0 Å². The summed E-state index contributed by atoms with van der Waals surface area (Å²) in [4.78, 5) is 0. The zero-order valence-corrected chi connectivity index (χ0v) is 32.8. The summed E-state index contributed by atoms with van der Waals surface area (Å²) in [6.07, 6.45) is 14.1. The summed E-state index contributed by atoms with van der Waals surface area (Å²) in [7, 11) is 0. The van der Waals surface area contributed by atoms with Crippen molar-refractivity contribution in [3.8, 4) is 5.75 Å². The Bertz CT molecular complexity index is 759. The van der Waals surface area contributed by atoms with E-state index >= 15 is 0 Å². The number of halogens is 1. The lowest BCUT2D eigenvalue weighted by Crippen LogP contribution is -2.15. The number of ether oxygens (including phenoxy) is 10. The van der Waals surface area contributed by atoms with Crippen LogP contribution in [0.15, 0.2) is 24.3 Å². The maximum absolute atomic E-state index is 5.78. The molecule has 1 aromatic rings. The second-order valence-corrected chi connectivity index (χ2v) is 12.7. The van der Waals surface area contributed by atoms with E-state index in [0.717, 1.165) is 25.2 Å². The first-order valence-electron chi connectivity index (χ1n) is 18.8. The first-order valence-corrected chi connectivity index (χ1v) is 20.4. The molecule has 0 aliphatic carbocycles. The molecule has 10 nitrogen and oxygen atoms in total. The van der Waals surface area contributed by atoms with Gasteiger partial charge in [-0.15, -0.1) is 0 Å². The Balaban J connectivity index is 1.69. The molecule has 0 heterocycles. The molecule has 0 unspecified atom stereocenters. The van der Waals surface area contributed by atoms with Crippen LogP contribution in [0.4, 0.5) is 0 Å². The summed E-state index contributed by atoms with van der Waals surface area (Å²) in [6, 6.07) is 8.45. The van der Waals surface area contributed by atoms with Crippen LogP contribution in [0.1, 0.15) is 76.7 Å². The van der Waals surface area contributed by atoms with Gasteiger partial charge in [-0.1, -0.05) is 86.6 Å². The van der Waals surface area contributed by atoms with Gasteiger partial charge in [-0.3, -0.25) is 0 Å². The minimum atomic E-state index is 0.526. The highest BCUT2D eigenvalue weighted by atomic mass is 127. The van der Waals surface area contributed by atoms with Gasteiger partial charge in [0.15, 0.2) is 0 Å². The predicted molar refractivity (Wildman–Crippen MR) is 204 cm³/mol. The molecule has 0 atom stereocenters. The van der Waals surface area contributed by atoms with Gasteiger partial charge in [-0.25, -0.2) is 0 Å². The maximum Gasteiger partial charge on any atom is 0.119 e. The van der Waals surface area contributed by atoms with Crippen LogP contribution < -0.4 is 4.74 Å². The van der Waals surface area contributed by atoms with Crippen LogP contribution in [-0.2, 0) is 49.1 Å². The average Bonchev–Trinajstić information content (AvgIpc) is 3.12. The zero-order valence-electron chi connectivity index (χ0n) is 30.7. The van der Waals surface area contributed by atoms with Gasteiger partial charge >= 0.3 is 0 Å². The first-order chi connectivity index (χ1) is 24.4. The molecular weight excluding hydrogens is 743 g/mol. The fraction of sp³-hybridized carbons (Fsp3) is 0.842. The zero-order chi connectivity index (χ0) is 35.0. The van der Waals surface area contributed by atoms with E-state index < -0.39 is 0 Å². The van der Waals surface area contributed by atoms with Gasteiger partial charge < -0.3 is 47.4 Å². The number of hydrogen-bond acceptors (Lipinski definition) is 10. The highest BCUT2D eigenvalue weighted by molar-refractivity contribution is 14.1. The van der Waals surface area contributed by atoms with E-state index in [1.54, 1.807) is 0 Å². The summed E-state index contributed by atoms with van der Waals surface area (Å²) in [5.74, 6) is 0.889. The van der Waals surface area contributed by atoms with E-state index in [1.165, 1.54) is 67.8 Å². The van der Waals surface area contributed by atoms with E-state index in [1.807, 2.05) is 0 Å². The molecule has 0 aliphatic rings. The number of benzene rings is 1. The lowest BCUT2D eigenvalue weighted by Gasteiger charge is -2.09. The highest BCUT2D eigenvalue weighted by Crippen LogP contribution is 2.15. The number of alkyl halides is 1. The smallest absolute Gasteiger partial charge is 0.119 e. The second-order valence-electron chi connectivity index (χ2n) is 11.6. The largest absolute Gasteiger partial charge is 0.491 e. The van der Waals surface area contributed by atoms with Crippen LogP contribution in [0.2, 0.25) is 0 Å². The molecule has 11 heteroatoms. The van der Waals surface area contributed by atoms with Crippen molar-refractivity contribution in [1.82, 2.24) is 0 Å². The monoisotopic (exact) mass is 812 g/mol. The summed E-state index contributed by atoms with van der Waals surface area (Å²) in [5.41, 5.74) is 1.38. The van der Waals surface area contributed by atoms with E-state index in [9.17, 15) is 0 Å². The van der Waals surface area contributed by atoms with E-state index in [0.29, 0.717) is 119 Å². The van der Waals surface area contributed by atoms with Crippen molar-refractivity contribution in [3.05, 3.63) is 29.8 Å². The van der Waals surface area contributed by atoms with Gasteiger partial charge in [0.2, 0.25) is 0 Å². The molecule has 0 amide bonds. The Morgan fingerprint density at radius 2 is 0.714 bits per heavy atom. The number of hydrogen-bond donors (Lipinski definition) is 0. The third kappa shape index (κ3) is 35.6. The molecule has 0 N–H and O–H groups in total. The predicted octanol–water partition coefficient (Wildman–Crippen LogP) is 7.11. The fourth-order valence-electron chi connectivity index (χ4n) is 4.59. The molecule has 0 saturated carbocycles. The molecule has 0 saturated heterocycles. The van der Waals surface area contributed by atoms with Crippen molar-refractivity contribution in [2.45, 2.75) is 77.6 Å².